The molecule has 1 aliphatic carbocycles. The Morgan fingerprint density at radius 3 is 2.89 bits per heavy atom. The predicted molar refractivity (Wildman–Crippen MR) is 71.8 cm³/mol. The summed E-state index contributed by atoms with van der Waals surface area (Å²) in [5, 5.41) is 6.47. The molecule has 2 aliphatic heterocycles. The maximum absolute atomic E-state index is 11.8. The first-order valence-corrected chi connectivity index (χ1v) is 6.88. The number of halogens is 1. The number of carbonyl (C=O) groups excluding carboxylic acids is 1. The van der Waals surface area contributed by atoms with E-state index in [1.807, 2.05) is 0 Å². The third kappa shape index (κ3) is 3.37. The zero-order chi connectivity index (χ0) is 11.7. The van der Waals surface area contributed by atoms with E-state index in [0.717, 1.165) is 38.8 Å². The molecule has 3 atom stereocenters. The predicted octanol–water partition coefficient (Wildman–Crippen LogP) is 0.806. The first kappa shape index (κ1) is 14.1. The van der Waals surface area contributed by atoms with Crippen molar-refractivity contribution in [1.82, 2.24) is 10.6 Å². The first-order chi connectivity index (χ1) is 8.33. The lowest BCUT2D eigenvalue weighted by Crippen LogP contribution is -2.38. The average Bonchev–Trinajstić information content (AvgIpc) is 3.03. The summed E-state index contributed by atoms with van der Waals surface area (Å²) >= 11 is 0. The molecule has 0 radical (unpaired) electrons. The minimum Gasteiger partial charge on any atom is -0.381 e. The van der Waals surface area contributed by atoms with E-state index >= 15 is 0 Å². The fourth-order valence-electron chi connectivity index (χ4n) is 3.08. The van der Waals surface area contributed by atoms with Gasteiger partial charge in [-0.25, -0.2) is 0 Å². The van der Waals surface area contributed by atoms with Gasteiger partial charge in [0, 0.05) is 19.5 Å². The SMILES string of the molecule is Cl.O=C(C[C@@H]1COC[C@H]2CNC[C@H]21)NCC1CC1. The van der Waals surface area contributed by atoms with Crippen LogP contribution >= 0.6 is 12.4 Å². The van der Waals surface area contributed by atoms with Crippen molar-refractivity contribution in [3.8, 4) is 0 Å². The number of hydrogen-bond donors (Lipinski definition) is 2. The van der Waals surface area contributed by atoms with Crippen molar-refractivity contribution in [2.75, 3.05) is 32.8 Å². The van der Waals surface area contributed by atoms with Crippen LogP contribution in [0.15, 0.2) is 0 Å². The molecule has 0 aromatic carbocycles. The highest BCUT2D eigenvalue weighted by Gasteiger charge is 2.38. The van der Waals surface area contributed by atoms with Crippen molar-refractivity contribution in [2.45, 2.75) is 19.3 Å². The third-order valence-electron chi connectivity index (χ3n) is 4.39. The van der Waals surface area contributed by atoms with Crippen molar-refractivity contribution in [1.29, 1.82) is 0 Å². The van der Waals surface area contributed by atoms with E-state index in [0.29, 0.717) is 24.2 Å². The fourth-order valence-corrected chi connectivity index (χ4v) is 3.08. The maximum Gasteiger partial charge on any atom is 0.220 e. The second-order valence-corrected chi connectivity index (χ2v) is 5.83. The van der Waals surface area contributed by atoms with E-state index < -0.39 is 0 Å². The second-order valence-electron chi connectivity index (χ2n) is 5.83. The van der Waals surface area contributed by atoms with Crippen LogP contribution in [0.25, 0.3) is 0 Å². The van der Waals surface area contributed by atoms with Crippen molar-refractivity contribution in [2.24, 2.45) is 23.7 Å². The Morgan fingerprint density at radius 2 is 2.11 bits per heavy atom. The van der Waals surface area contributed by atoms with Crippen LogP contribution in [0.2, 0.25) is 0 Å². The smallest absolute Gasteiger partial charge is 0.220 e. The maximum atomic E-state index is 11.8. The number of nitrogens with one attached hydrogen (secondary N) is 2. The summed E-state index contributed by atoms with van der Waals surface area (Å²) in [6.07, 6.45) is 3.23. The zero-order valence-corrected chi connectivity index (χ0v) is 11.5. The van der Waals surface area contributed by atoms with Crippen LogP contribution in [-0.4, -0.2) is 38.8 Å². The van der Waals surface area contributed by atoms with E-state index in [-0.39, 0.29) is 18.3 Å². The van der Waals surface area contributed by atoms with Gasteiger partial charge in [0.15, 0.2) is 0 Å². The molecule has 104 valence electrons. The summed E-state index contributed by atoms with van der Waals surface area (Å²) in [6, 6.07) is 0. The second kappa shape index (κ2) is 6.22. The Kier molecular flexibility index (Phi) is 4.87. The Balaban J connectivity index is 0.00000120. The van der Waals surface area contributed by atoms with E-state index in [9.17, 15) is 4.79 Å². The fraction of sp³-hybridized carbons (Fsp3) is 0.923. The molecule has 1 amide bonds. The molecule has 2 heterocycles. The van der Waals surface area contributed by atoms with E-state index in [4.69, 9.17) is 4.74 Å². The number of amides is 1. The zero-order valence-electron chi connectivity index (χ0n) is 10.7. The van der Waals surface area contributed by atoms with Crippen LogP contribution in [0.3, 0.4) is 0 Å². The van der Waals surface area contributed by atoms with Gasteiger partial charge in [0.1, 0.15) is 0 Å². The summed E-state index contributed by atoms with van der Waals surface area (Å²) in [5.41, 5.74) is 0. The van der Waals surface area contributed by atoms with Crippen molar-refractivity contribution in [3.05, 3.63) is 0 Å². The van der Waals surface area contributed by atoms with Crippen LogP contribution in [-0.2, 0) is 9.53 Å². The van der Waals surface area contributed by atoms with Gasteiger partial charge in [0.05, 0.1) is 13.2 Å². The summed E-state index contributed by atoms with van der Waals surface area (Å²) < 4.78 is 5.61. The van der Waals surface area contributed by atoms with Crippen LogP contribution in [0, 0.1) is 23.7 Å². The normalized spacial score (nSPS) is 34.6. The number of ether oxygens (including phenoxy) is 1. The molecular formula is C13H23ClN2O2. The van der Waals surface area contributed by atoms with Crippen molar-refractivity contribution < 1.29 is 9.53 Å². The number of carbonyl (C=O) groups is 1. The molecule has 5 heteroatoms. The van der Waals surface area contributed by atoms with Gasteiger partial charge >= 0.3 is 0 Å². The largest absolute Gasteiger partial charge is 0.381 e. The molecule has 0 spiro atoms. The summed E-state index contributed by atoms with van der Waals surface area (Å²) in [6.45, 7) is 4.65. The van der Waals surface area contributed by atoms with Gasteiger partial charge in [-0.15, -0.1) is 12.4 Å². The third-order valence-corrected chi connectivity index (χ3v) is 4.39. The van der Waals surface area contributed by atoms with Crippen LogP contribution in [0.5, 0.6) is 0 Å². The molecule has 4 nitrogen and oxygen atoms in total. The molecule has 2 N–H and O–H groups in total. The highest BCUT2D eigenvalue weighted by Crippen LogP contribution is 2.32. The Morgan fingerprint density at radius 1 is 1.28 bits per heavy atom. The molecule has 3 aliphatic rings. The molecule has 3 rings (SSSR count). The molecular weight excluding hydrogens is 252 g/mol. The lowest BCUT2D eigenvalue weighted by Gasteiger charge is -2.32. The van der Waals surface area contributed by atoms with Gasteiger partial charge in [-0.05, 0) is 43.1 Å². The lowest BCUT2D eigenvalue weighted by molar-refractivity contribution is -0.124. The van der Waals surface area contributed by atoms with Gasteiger partial charge < -0.3 is 15.4 Å². The van der Waals surface area contributed by atoms with Gasteiger partial charge in [-0.3, -0.25) is 4.79 Å². The van der Waals surface area contributed by atoms with Gasteiger partial charge in [0.25, 0.3) is 0 Å². The number of rotatable bonds is 4. The summed E-state index contributed by atoms with van der Waals surface area (Å²) in [5.74, 6) is 2.68. The van der Waals surface area contributed by atoms with Crippen LogP contribution in [0.4, 0.5) is 0 Å². The molecule has 1 saturated carbocycles. The molecule has 3 fully saturated rings. The Bertz CT molecular complexity index is 297. The van der Waals surface area contributed by atoms with Gasteiger partial charge in [-0.1, -0.05) is 0 Å². The molecule has 0 unspecified atom stereocenters. The van der Waals surface area contributed by atoms with E-state index in [2.05, 4.69) is 10.6 Å². The Labute approximate surface area is 115 Å². The Hall–Kier alpha value is -0.320. The number of fused-ring (bicyclic) bond motifs is 1. The highest BCUT2D eigenvalue weighted by atomic mass is 35.5. The minimum absolute atomic E-state index is 0. The van der Waals surface area contributed by atoms with Gasteiger partial charge in [-0.2, -0.15) is 0 Å². The molecule has 2 saturated heterocycles. The van der Waals surface area contributed by atoms with Crippen LogP contribution in [0.1, 0.15) is 19.3 Å². The van der Waals surface area contributed by atoms with Crippen LogP contribution < -0.4 is 10.6 Å². The van der Waals surface area contributed by atoms with E-state index in [1.165, 1.54) is 12.8 Å². The molecule has 0 aromatic heterocycles. The highest BCUT2D eigenvalue weighted by molar-refractivity contribution is 5.85. The molecule has 18 heavy (non-hydrogen) atoms. The average molecular weight is 275 g/mol. The standard InChI is InChI=1S/C13H22N2O2.ClH/c16-13(15-4-9-1-2-9)3-10-7-17-8-11-5-14-6-12(10)11;/h9-12,14H,1-8H2,(H,15,16);1H/t10-,11-,12+;/m1./s1. The monoisotopic (exact) mass is 274 g/mol. The van der Waals surface area contributed by atoms with Crippen molar-refractivity contribution >= 4 is 18.3 Å². The van der Waals surface area contributed by atoms with Crippen molar-refractivity contribution in [3.63, 3.8) is 0 Å². The minimum atomic E-state index is 0. The van der Waals surface area contributed by atoms with E-state index in [1.54, 1.807) is 0 Å². The first-order valence-electron chi connectivity index (χ1n) is 6.88. The van der Waals surface area contributed by atoms with Gasteiger partial charge in [0.2, 0.25) is 5.91 Å². The topological polar surface area (TPSA) is 50.4 Å². The summed E-state index contributed by atoms with van der Waals surface area (Å²) in [4.78, 5) is 11.8. The summed E-state index contributed by atoms with van der Waals surface area (Å²) in [7, 11) is 0. The quantitative estimate of drug-likeness (QED) is 0.798. The number of hydrogen-bond acceptors (Lipinski definition) is 3. The lowest BCUT2D eigenvalue weighted by atomic mass is 9.81. The molecule has 0 bridgehead atoms. The molecule has 0 aromatic rings.